The van der Waals surface area contributed by atoms with E-state index in [-0.39, 0.29) is 5.69 Å². The molecule has 0 aliphatic rings. The number of hydrogen-bond donors (Lipinski definition) is 1. The van der Waals surface area contributed by atoms with E-state index in [1.165, 1.54) is 25.3 Å². The zero-order valence-electron chi connectivity index (χ0n) is 13.0. The highest BCUT2D eigenvalue weighted by atomic mass is 16.6. The second kappa shape index (κ2) is 7.40. The van der Waals surface area contributed by atoms with Gasteiger partial charge in [0.05, 0.1) is 0 Å². The van der Waals surface area contributed by atoms with E-state index < -0.39 is 18.0 Å². The van der Waals surface area contributed by atoms with E-state index in [1.54, 1.807) is 18.2 Å². The van der Waals surface area contributed by atoms with Crippen molar-refractivity contribution < 1.29 is 19.1 Å². The third-order valence-electron chi connectivity index (χ3n) is 3.32. The van der Waals surface area contributed by atoms with Gasteiger partial charge in [0.15, 0.2) is 12.3 Å². The van der Waals surface area contributed by atoms with Crippen LogP contribution in [0.2, 0.25) is 0 Å². The summed E-state index contributed by atoms with van der Waals surface area (Å²) in [6, 6.07) is 11.8. The van der Waals surface area contributed by atoms with E-state index in [1.807, 2.05) is 19.1 Å². The predicted octanol–water partition coefficient (Wildman–Crippen LogP) is 2.07. The van der Waals surface area contributed by atoms with Gasteiger partial charge in [-0.1, -0.05) is 19.1 Å². The number of carbonyl (C=O) groups is 2. The summed E-state index contributed by atoms with van der Waals surface area (Å²) in [4.78, 5) is 23.9. The van der Waals surface area contributed by atoms with Gasteiger partial charge in [-0.25, -0.2) is 4.79 Å². The topological polar surface area (TPSA) is 82.3 Å². The van der Waals surface area contributed by atoms with Crippen LogP contribution < -0.4 is 10.0 Å². The first kappa shape index (κ1) is 16.5. The van der Waals surface area contributed by atoms with E-state index in [2.05, 4.69) is 5.32 Å². The molecule has 2 aromatic rings. The highest BCUT2D eigenvalue weighted by Crippen LogP contribution is 2.11. The lowest BCUT2D eigenvalue weighted by molar-refractivity contribution is -0.608. The zero-order chi connectivity index (χ0) is 16.8. The van der Waals surface area contributed by atoms with Gasteiger partial charge in [0, 0.05) is 17.8 Å². The van der Waals surface area contributed by atoms with E-state index >= 15 is 0 Å². The van der Waals surface area contributed by atoms with Gasteiger partial charge in [-0.05, 0) is 37.1 Å². The summed E-state index contributed by atoms with van der Waals surface area (Å²) in [6.45, 7) is 3.49. The molecule has 1 aromatic carbocycles. The SMILES string of the molecule is CCc1ccc(NC(=O)[C@H](C)OC(=O)c2cccc[n+]2[O-])cc1. The lowest BCUT2D eigenvalue weighted by atomic mass is 10.1. The number of hydrogen-bond acceptors (Lipinski definition) is 4. The summed E-state index contributed by atoms with van der Waals surface area (Å²) in [5.41, 5.74) is 1.61. The number of benzene rings is 1. The molecule has 120 valence electrons. The van der Waals surface area contributed by atoms with Crippen molar-refractivity contribution in [3.63, 3.8) is 0 Å². The Kier molecular flexibility index (Phi) is 5.30. The average molecular weight is 314 g/mol. The lowest BCUT2D eigenvalue weighted by Gasteiger charge is -2.13. The first-order chi connectivity index (χ1) is 11.0. The van der Waals surface area contributed by atoms with E-state index in [0.717, 1.165) is 12.0 Å². The molecule has 1 atom stereocenters. The number of nitrogens with zero attached hydrogens (tertiary/aromatic N) is 1. The summed E-state index contributed by atoms with van der Waals surface area (Å²) in [7, 11) is 0. The quantitative estimate of drug-likeness (QED) is 0.520. The number of rotatable bonds is 5. The summed E-state index contributed by atoms with van der Waals surface area (Å²) in [5.74, 6) is -1.31. The summed E-state index contributed by atoms with van der Waals surface area (Å²) >= 11 is 0. The monoisotopic (exact) mass is 314 g/mol. The molecule has 1 amide bonds. The number of aryl methyl sites for hydroxylation is 1. The van der Waals surface area contributed by atoms with Crippen molar-refractivity contribution in [2.75, 3.05) is 5.32 Å². The first-order valence-electron chi connectivity index (χ1n) is 7.30. The molecule has 0 radical (unpaired) electrons. The fraction of sp³-hybridized carbons (Fsp3) is 0.235. The zero-order valence-corrected chi connectivity index (χ0v) is 13.0. The molecule has 0 saturated carbocycles. The summed E-state index contributed by atoms with van der Waals surface area (Å²) in [5, 5.41) is 14.1. The maximum Gasteiger partial charge on any atom is 0.405 e. The third kappa shape index (κ3) is 4.29. The molecule has 0 fully saturated rings. The van der Waals surface area contributed by atoms with Gasteiger partial charge in [0.1, 0.15) is 0 Å². The van der Waals surface area contributed by atoms with Crippen molar-refractivity contribution in [1.29, 1.82) is 0 Å². The normalized spacial score (nSPS) is 11.6. The van der Waals surface area contributed by atoms with Gasteiger partial charge in [-0.15, -0.1) is 0 Å². The summed E-state index contributed by atoms with van der Waals surface area (Å²) in [6.07, 6.45) is 1.08. The largest absolute Gasteiger partial charge is 0.618 e. The number of anilines is 1. The van der Waals surface area contributed by atoms with Crippen LogP contribution >= 0.6 is 0 Å². The van der Waals surface area contributed by atoms with Crippen LogP contribution in [0.5, 0.6) is 0 Å². The van der Waals surface area contributed by atoms with Gasteiger partial charge in [0.25, 0.3) is 5.91 Å². The molecule has 0 aliphatic heterocycles. The Morgan fingerprint density at radius 1 is 1.22 bits per heavy atom. The van der Waals surface area contributed by atoms with Crippen LogP contribution in [-0.2, 0) is 16.0 Å². The van der Waals surface area contributed by atoms with Crippen LogP contribution in [0.25, 0.3) is 0 Å². The molecule has 6 heteroatoms. The standard InChI is InChI=1S/C17H18N2O4/c1-3-13-7-9-14(10-8-13)18-16(20)12(2)23-17(21)15-6-4-5-11-19(15)22/h4-12H,3H2,1-2H3,(H,18,20)/t12-/m0/s1. The van der Waals surface area contributed by atoms with Crippen LogP contribution in [-0.4, -0.2) is 18.0 Å². The molecule has 0 bridgehead atoms. The fourth-order valence-electron chi connectivity index (χ4n) is 1.93. The Morgan fingerprint density at radius 2 is 1.91 bits per heavy atom. The second-order valence-corrected chi connectivity index (χ2v) is 5.00. The van der Waals surface area contributed by atoms with Gasteiger partial charge >= 0.3 is 11.7 Å². The van der Waals surface area contributed by atoms with E-state index in [4.69, 9.17) is 4.74 Å². The Hall–Kier alpha value is -2.89. The van der Waals surface area contributed by atoms with Crippen LogP contribution in [0.4, 0.5) is 5.69 Å². The molecule has 0 saturated heterocycles. The number of carbonyl (C=O) groups excluding carboxylic acids is 2. The highest BCUT2D eigenvalue weighted by molar-refractivity contribution is 5.96. The second-order valence-electron chi connectivity index (χ2n) is 5.00. The first-order valence-corrected chi connectivity index (χ1v) is 7.30. The molecule has 2 rings (SSSR count). The molecule has 0 spiro atoms. The molecule has 23 heavy (non-hydrogen) atoms. The van der Waals surface area contributed by atoms with Crippen molar-refractivity contribution in [3.05, 3.63) is 65.1 Å². The molecular formula is C17H18N2O4. The number of pyridine rings is 1. The molecular weight excluding hydrogens is 296 g/mol. The molecule has 1 heterocycles. The van der Waals surface area contributed by atoms with Gasteiger partial charge in [-0.3, -0.25) is 4.79 Å². The van der Waals surface area contributed by atoms with E-state index in [0.29, 0.717) is 10.4 Å². The van der Waals surface area contributed by atoms with Crippen LogP contribution in [0.3, 0.4) is 0 Å². The Balaban J connectivity index is 1.96. The van der Waals surface area contributed by atoms with Crippen LogP contribution in [0.15, 0.2) is 48.7 Å². The Morgan fingerprint density at radius 3 is 2.52 bits per heavy atom. The minimum Gasteiger partial charge on any atom is -0.618 e. The number of esters is 1. The van der Waals surface area contributed by atoms with Gasteiger partial charge in [-0.2, -0.15) is 4.73 Å². The smallest absolute Gasteiger partial charge is 0.405 e. The van der Waals surface area contributed by atoms with Crippen molar-refractivity contribution in [3.8, 4) is 0 Å². The van der Waals surface area contributed by atoms with Crippen LogP contribution in [0, 0.1) is 5.21 Å². The minimum absolute atomic E-state index is 0.167. The predicted molar refractivity (Wildman–Crippen MR) is 84.7 cm³/mol. The van der Waals surface area contributed by atoms with Crippen molar-refractivity contribution >= 4 is 17.6 Å². The fourth-order valence-corrected chi connectivity index (χ4v) is 1.93. The average Bonchev–Trinajstić information content (AvgIpc) is 2.55. The molecule has 0 aliphatic carbocycles. The number of aromatic nitrogens is 1. The van der Waals surface area contributed by atoms with Crippen LogP contribution in [0.1, 0.15) is 29.9 Å². The third-order valence-corrected chi connectivity index (χ3v) is 3.32. The molecule has 0 unspecified atom stereocenters. The molecule has 1 aromatic heterocycles. The maximum absolute atomic E-state index is 12.0. The lowest BCUT2D eigenvalue weighted by Crippen LogP contribution is -2.37. The van der Waals surface area contributed by atoms with Crippen molar-refractivity contribution in [2.24, 2.45) is 0 Å². The Labute approximate surface area is 134 Å². The highest BCUT2D eigenvalue weighted by Gasteiger charge is 2.23. The van der Waals surface area contributed by atoms with E-state index in [9.17, 15) is 14.8 Å². The number of ether oxygens (including phenoxy) is 1. The van der Waals surface area contributed by atoms with Crippen molar-refractivity contribution in [2.45, 2.75) is 26.4 Å². The van der Waals surface area contributed by atoms with Crippen molar-refractivity contribution in [1.82, 2.24) is 0 Å². The number of amides is 1. The van der Waals surface area contributed by atoms with Gasteiger partial charge < -0.3 is 15.3 Å². The minimum atomic E-state index is -1.02. The molecule has 1 N–H and O–H groups in total. The number of nitrogens with one attached hydrogen (secondary N) is 1. The van der Waals surface area contributed by atoms with Gasteiger partial charge in [0.2, 0.25) is 0 Å². The molecule has 6 nitrogen and oxygen atoms in total. The Bertz CT molecular complexity index is 698. The summed E-state index contributed by atoms with van der Waals surface area (Å²) < 4.78 is 5.42. The maximum atomic E-state index is 12.0.